The summed E-state index contributed by atoms with van der Waals surface area (Å²) in [6.07, 6.45) is 0. The van der Waals surface area contributed by atoms with Gasteiger partial charge in [-0.25, -0.2) is 0 Å². The van der Waals surface area contributed by atoms with Crippen LogP contribution in [-0.4, -0.2) is 4.98 Å². The Morgan fingerprint density at radius 3 is 2.20 bits per heavy atom. The number of anilines is 1. The van der Waals surface area contributed by atoms with Crippen LogP contribution in [0.2, 0.25) is 0 Å². The number of aryl methyl sites for hydroxylation is 1. The highest BCUT2D eigenvalue weighted by molar-refractivity contribution is 6.03. The summed E-state index contributed by atoms with van der Waals surface area (Å²) in [5.74, 6) is 0. The Morgan fingerprint density at radius 1 is 0.800 bits per heavy atom. The summed E-state index contributed by atoms with van der Waals surface area (Å²) in [4.78, 5) is 15.9. The van der Waals surface area contributed by atoms with Gasteiger partial charge in [0, 0.05) is 22.2 Å². The summed E-state index contributed by atoms with van der Waals surface area (Å²) >= 11 is 0. The summed E-state index contributed by atoms with van der Waals surface area (Å²) < 4.78 is 0. The highest BCUT2D eigenvalue weighted by atomic mass is 16.1. The number of nitrogen functional groups attached to an aromatic ring is 1. The van der Waals surface area contributed by atoms with Crippen LogP contribution < -0.4 is 11.3 Å². The van der Waals surface area contributed by atoms with Crippen LogP contribution in [0.5, 0.6) is 0 Å². The molecule has 1 aromatic heterocycles. The molecule has 25 heavy (non-hydrogen) atoms. The molecule has 0 saturated heterocycles. The Hall–Kier alpha value is -3.33. The Morgan fingerprint density at radius 2 is 1.48 bits per heavy atom. The van der Waals surface area contributed by atoms with Gasteiger partial charge < -0.3 is 10.7 Å². The number of aromatic amines is 1. The fourth-order valence-electron chi connectivity index (χ4n) is 3.21. The summed E-state index contributed by atoms with van der Waals surface area (Å²) in [6.45, 7) is 2.03. The largest absolute Gasteiger partial charge is 0.399 e. The molecule has 122 valence electrons. The zero-order valence-corrected chi connectivity index (χ0v) is 13.9. The van der Waals surface area contributed by atoms with E-state index in [-0.39, 0.29) is 5.56 Å². The number of nitrogens with two attached hydrogens (primary N) is 1. The van der Waals surface area contributed by atoms with Gasteiger partial charge in [0.25, 0.3) is 5.56 Å². The molecule has 0 saturated carbocycles. The monoisotopic (exact) mass is 326 g/mol. The van der Waals surface area contributed by atoms with Gasteiger partial charge in [-0.3, -0.25) is 4.79 Å². The summed E-state index contributed by atoms with van der Waals surface area (Å²) in [5.41, 5.74) is 12.0. The van der Waals surface area contributed by atoms with Crippen molar-refractivity contribution in [1.29, 1.82) is 0 Å². The molecule has 4 aromatic rings. The Bertz CT molecular complexity index is 1110. The van der Waals surface area contributed by atoms with Gasteiger partial charge in [0.1, 0.15) is 0 Å². The lowest BCUT2D eigenvalue weighted by Crippen LogP contribution is -2.11. The van der Waals surface area contributed by atoms with Crippen molar-refractivity contribution in [3.05, 3.63) is 88.7 Å². The summed E-state index contributed by atoms with van der Waals surface area (Å²) in [7, 11) is 0. The van der Waals surface area contributed by atoms with E-state index in [9.17, 15) is 4.79 Å². The van der Waals surface area contributed by atoms with E-state index >= 15 is 0 Å². The van der Waals surface area contributed by atoms with Crippen molar-refractivity contribution in [3.63, 3.8) is 0 Å². The minimum atomic E-state index is -0.0972. The van der Waals surface area contributed by atoms with Crippen LogP contribution in [-0.2, 0) is 0 Å². The molecular weight excluding hydrogens is 308 g/mol. The molecule has 0 fully saturated rings. The van der Waals surface area contributed by atoms with E-state index in [0.29, 0.717) is 11.3 Å². The van der Waals surface area contributed by atoms with Crippen LogP contribution in [0.25, 0.3) is 33.2 Å². The second kappa shape index (κ2) is 5.95. The van der Waals surface area contributed by atoms with E-state index in [1.165, 1.54) is 0 Å². The van der Waals surface area contributed by atoms with Gasteiger partial charge in [-0.05, 0) is 36.2 Å². The number of H-pyrrole nitrogens is 1. The average Bonchev–Trinajstić information content (AvgIpc) is 2.63. The van der Waals surface area contributed by atoms with Crippen molar-refractivity contribution in [1.82, 2.24) is 4.98 Å². The SMILES string of the molecule is Cc1ccc(-c2c(-c3ccccc3)c3cc(N)ccc3[nH]c2=O)cc1. The number of hydrogen-bond acceptors (Lipinski definition) is 2. The predicted molar refractivity (Wildman–Crippen MR) is 105 cm³/mol. The molecule has 1 heterocycles. The van der Waals surface area contributed by atoms with Gasteiger partial charge in [-0.1, -0.05) is 60.2 Å². The molecule has 4 rings (SSSR count). The molecule has 0 unspecified atom stereocenters. The molecule has 0 aliphatic carbocycles. The third-order valence-electron chi connectivity index (χ3n) is 4.44. The van der Waals surface area contributed by atoms with Crippen molar-refractivity contribution in [2.75, 3.05) is 5.73 Å². The Balaban J connectivity index is 2.16. The molecule has 0 amide bonds. The molecule has 3 N–H and O–H groups in total. The molecule has 3 heteroatoms. The molecular formula is C22H18N2O. The first-order valence-corrected chi connectivity index (χ1v) is 8.21. The number of aromatic nitrogens is 1. The van der Waals surface area contributed by atoms with Crippen molar-refractivity contribution >= 4 is 16.6 Å². The summed E-state index contributed by atoms with van der Waals surface area (Å²) in [6, 6.07) is 23.6. The van der Waals surface area contributed by atoms with E-state index in [2.05, 4.69) is 4.98 Å². The maximum Gasteiger partial charge on any atom is 0.256 e. The van der Waals surface area contributed by atoms with Gasteiger partial charge in [-0.2, -0.15) is 0 Å². The first kappa shape index (κ1) is 15.2. The predicted octanol–water partition coefficient (Wildman–Crippen LogP) is 4.75. The average molecular weight is 326 g/mol. The van der Waals surface area contributed by atoms with Crippen LogP contribution in [0.4, 0.5) is 5.69 Å². The van der Waals surface area contributed by atoms with Crippen LogP contribution in [0.15, 0.2) is 77.6 Å². The smallest absolute Gasteiger partial charge is 0.256 e. The molecule has 0 radical (unpaired) electrons. The van der Waals surface area contributed by atoms with Crippen molar-refractivity contribution < 1.29 is 0 Å². The number of pyridine rings is 1. The molecule has 3 nitrogen and oxygen atoms in total. The number of hydrogen-bond donors (Lipinski definition) is 2. The molecule has 0 bridgehead atoms. The highest BCUT2D eigenvalue weighted by Gasteiger charge is 2.16. The van der Waals surface area contributed by atoms with Crippen LogP contribution in [0.3, 0.4) is 0 Å². The first-order chi connectivity index (χ1) is 12.1. The molecule has 0 atom stereocenters. The van der Waals surface area contributed by atoms with Crippen molar-refractivity contribution in [2.24, 2.45) is 0 Å². The lowest BCUT2D eigenvalue weighted by molar-refractivity contribution is 1.30. The minimum Gasteiger partial charge on any atom is -0.399 e. The van der Waals surface area contributed by atoms with Gasteiger partial charge >= 0.3 is 0 Å². The van der Waals surface area contributed by atoms with Crippen LogP contribution in [0.1, 0.15) is 5.56 Å². The standard InChI is InChI=1S/C22H18N2O/c1-14-7-9-16(10-8-14)21-20(15-5-3-2-4-6-15)18-13-17(23)11-12-19(18)24-22(21)25/h2-13H,23H2,1H3,(H,24,25). The van der Waals surface area contributed by atoms with E-state index in [4.69, 9.17) is 5.73 Å². The molecule has 0 aliphatic rings. The maximum atomic E-state index is 12.9. The van der Waals surface area contributed by atoms with Crippen LogP contribution >= 0.6 is 0 Å². The minimum absolute atomic E-state index is 0.0972. The van der Waals surface area contributed by atoms with Gasteiger partial charge in [0.2, 0.25) is 0 Å². The molecule has 0 spiro atoms. The van der Waals surface area contributed by atoms with Gasteiger partial charge in [0.15, 0.2) is 0 Å². The third-order valence-corrected chi connectivity index (χ3v) is 4.44. The highest BCUT2D eigenvalue weighted by Crippen LogP contribution is 2.35. The van der Waals surface area contributed by atoms with Gasteiger partial charge in [0.05, 0.1) is 5.56 Å². The fourth-order valence-corrected chi connectivity index (χ4v) is 3.21. The number of nitrogens with one attached hydrogen (secondary N) is 1. The first-order valence-electron chi connectivity index (χ1n) is 8.21. The maximum absolute atomic E-state index is 12.9. The van der Waals surface area contributed by atoms with Gasteiger partial charge in [-0.15, -0.1) is 0 Å². The van der Waals surface area contributed by atoms with Crippen LogP contribution in [0, 0.1) is 6.92 Å². The van der Waals surface area contributed by atoms with E-state index in [1.54, 1.807) is 6.07 Å². The van der Waals surface area contributed by atoms with E-state index in [1.807, 2.05) is 73.7 Å². The number of rotatable bonds is 2. The Kier molecular flexibility index (Phi) is 3.62. The lowest BCUT2D eigenvalue weighted by atomic mass is 9.92. The normalized spacial score (nSPS) is 10.9. The Labute approximate surface area is 145 Å². The molecule has 0 aliphatic heterocycles. The third kappa shape index (κ3) is 2.70. The number of benzene rings is 3. The van der Waals surface area contributed by atoms with Crippen molar-refractivity contribution in [2.45, 2.75) is 6.92 Å². The van der Waals surface area contributed by atoms with E-state index < -0.39 is 0 Å². The second-order valence-corrected chi connectivity index (χ2v) is 6.24. The fraction of sp³-hybridized carbons (Fsp3) is 0.0455. The zero-order chi connectivity index (χ0) is 17.4. The second-order valence-electron chi connectivity index (χ2n) is 6.24. The van der Waals surface area contributed by atoms with E-state index in [0.717, 1.165) is 33.2 Å². The topological polar surface area (TPSA) is 58.9 Å². The molecule has 3 aromatic carbocycles. The quantitative estimate of drug-likeness (QED) is 0.522. The lowest BCUT2D eigenvalue weighted by Gasteiger charge is -2.14. The van der Waals surface area contributed by atoms with Crippen molar-refractivity contribution in [3.8, 4) is 22.3 Å². The summed E-state index contributed by atoms with van der Waals surface area (Å²) in [5, 5.41) is 0.946. The number of fused-ring (bicyclic) bond motifs is 1. The zero-order valence-electron chi connectivity index (χ0n) is 13.9.